The van der Waals surface area contributed by atoms with E-state index in [0.717, 1.165) is 138 Å². The van der Waals surface area contributed by atoms with E-state index in [1.807, 2.05) is 187 Å². The topological polar surface area (TPSA) is 309 Å². The quantitative estimate of drug-likeness (QED) is 0.0885. The Labute approximate surface area is 621 Å². The lowest BCUT2D eigenvalue weighted by atomic mass is 10.0. The molecule has 0 aliphatic carbocycles. The summed E-state index contributed by atoms with van der Waals surface area (Å²) in [6.45, 7) is 1.01. The molecule has 0 amide bonds. The first-order valence-corrected chi connectivity index (χ1v) is 34.1. The standard InChI is InChI=1S/2C28H21N7O2.C27H20N6O2/c1-34-23-16-30-22-13-24(36-2)25(37-17-19-6-9-26(31-15-19)35-11-3-10-32-35)12-21(22)27(23)28(33-34)20-7-4-18(14-29)5-8-20;1-34-24-14-31-23-12-25(36-2)26(37-15-19-5-9-21(10-6-19)35-17-30-16-32-35)11-22(23)27(24)28(33-34)20-7-3-18(13-29)4-8-20;1-33-22-14-30-21-11-23(34-2)24(35-15-17-9-19-7-8-29-27(19)31-13-17)10-20(21)25(22)26(32-33)18-5-3-16(12-28)4-6-18/h3-13,15-16H,17H2,1-2H3;3-12,14,16-17H,15H2,1-2H3;3-11,13-14H,15H2,1-2H3,(H,29,31). The molecule has 0 radical (unpaired) electrons. The molecule has 530 valence electrons. The average Bonchev–Trinajstić information content (AvgIpc) is 1.64. The molecule has 0 atom stereocenters. The van der Waals surface area contributed by atoms with Crippen molar-refractivity contribution in [3.8, 4) is 98.0 Å². The molecule has 26 heteroatoms. The molecule has 18 aromatic rings. The number of hydrogen-bond donors (Lipinski definition) is 1. The number of fused-ring (bicyclic) bond motifs is 10. The van der Waals surface area contributed by atoms with Gasteiger partial charge in [-0.1, -0.05) is 54.6 Å². The number of pyridine rings is 5. The second-order valence-electron chi connectivity index (χ2n) is 25.2. The Morgan fingerprint density at radius 2 is 0.862 bits per heavy atom. The van der Waals surface area contributed by atoms with E-state index in [4.69, 9.17) is 49.0 Å². The molecule has 1 N–H and O–H groups in total. The maximum atomic E-state index is 9.18. The fourth-order valence-electron chi connectivity index (χ4n) is 13.0. The summed E-state index contributed by atoms with van der Waals surface area (Å²) in [7, 11) is 10.5. The van der Waals surface area contributed by atoms with Crippen molar-refractivity contribution in [1.29, 1.82) is 15.8 Å². The molecule has 26 nitrogen and oxygen atoms in total. The number of ether oxygens (including phenoxy) is 6. The first-order chi connectivity index (χ1) is 53.4. The molecule has 11 heterocycles. The van der Waals surface area contributed by atoms with Gasteiger partial charge in [0.25, 0.3) is 0 Å². The van der Waals surface area contributed by atoms with Gasteiger partial charge in [0.15, 0.2) is 40.3 Å². The molecule has 0 unspecified atom stereocenters. The molecule has 0 spiro atoms. The minimum atomic E-state index is 0.313. The molecular weight excluding hydrogens is 1370 g/mol. The number of nitrogens with zero attached hydrogens (tertiary/aromatic N) is 19. The highest BCUT2D eigenvalue weighted by Gasteiger charge is 2.23. The number of benzene rings is 7. The Morgan fingerprint density at radius 3 is 1.27 bits per heavy atom. The van der Waals surface area contributed by atoms with Gasteiger partial charge >= 0.3 is 0 Å². The number of nitrogens with one attached hydrogen (secondary N) is 1. The van der Waals surface area contributed by atoms with Crippen LogP contribution in [0.15, 0.2) is 226 Å². The van der Waals surface area contributed by atoms with E-state index in [2.05, 4.69) is 69.4 Å². The number of nitriles is 3. The van der Waals surface area contributed by atoms with E-state index in [0.29, 0.717) is 71.0 Å². The van der Waals surface area contributed by atoms with Gasteiger partial charge in [0.2, 0.25) is 0 Å². The summed E-state index contributed by atoms with van der Waals surface area (Å²) in [5.41, 5.74) is 16.6. The van der Waals surface area contributed by atoms with Crippen molar-refractivity contribution >= 4 is 76.5 Å². The van der Waals surface area contributed by atoms with Crippen LogP contribution in [-0.2, 0) is 41.0 Å². The van der Waals surface area contributed by atoms with E-state index >= 15 is 0 Å². The van der Waals surface area contributed by atoms with E-state index in [1.165, 1.54) is 6.33 Å². The van der Waals surface area contributed by atoms with Crippen LogP contribution in [0.5, 0.6) is 34.5 Å². The third-order valence-corrected chi connectivity index (χ3v) is 18.6. The second kappa shape index (κ2) is 29.4. The first-order valence-electron chi connectivity index (χ1n) is 34.1. The number of methoxy groups -OCH3 is 3. The SMILES string of the molecule is COc1cc2ncc3c(c(-c4ccc(C#N)cc4)nn3C)c2cc1OCc1ccc(-n2cccn2)nc1.COc1cc2ncc3c(c(-c4ccc(C#N)cc4)nn3C)c2cc1OCc1ccc(-n2cncn2)cc1.COc1cc2ncc3c(c(-c4ccc(C#N)cc4)nn3C)c2cc1OCc1cnc2[nH]ccc2c1. The van der Waals surface area contributed by atoms with Gasteiger partial charge in [-0.2, -0.15) is 41.3 Å². The molecular formula is C83H62N20O6. The molecule has 0 saturated heterocycles. The van der Waals surface area contributed by atoms with Gasteiger partial charge in [0.05, 0.1) is 114 Å². The molecule has 18 rings (SSSR count). The van der Waals surface area contributed by atoms with E-state index in [-0.39, 0.29) is 0 Å². The second-order valence-corrected chi connectivity index (χ2v) is 25.2. The van der Waals surface area contributed by atoms with Gasteiger partial charge in [-0.3, -0.25) is 29.0 Å². The molecule has 0 aliphatic heterocycles. The monoisotopic (exact) mass is 1430 g/mol. The van der Waals surface area contributed by atoms with Crippen molar-refractivity contribution in [2.24, 2.45) is 21.1 Å². The van der Waals surface area contributed by atoms with Crippen LogP contribution in [0.25, 0.3) is 122 Å². The zero-order valence-electron chi connectivity index (χ0n) is 59.4. The predicted octanol–water partition coefficient (Wildman–Crippen LogP) is 14.8. The van der Waals surface area contributed by atoms with Gasteiger partial charge in [-0.15, -0.1) is 0 Å². The van der Waals surface area contributed by atoms with Crippen molar-refractivity contribution in [2.75, 3.05) is 21.3 Å². The predicted molar refractivity (Wildman–Crippen MR) is 410 cm³/mol. The first kappa shape index (κ1) is 68.1. The Hall–Kier alpha value is -15.4. The van der Waals surface area contributed by atoms with E-state index in [9.17, 15) is 10.5 Å². The van der Waals surface area contributed by atoms with Crippen molar-refractivity contribution in [3.63, 3.8) is 0 Å². The largest absolute Gasteiger partial charge is 0.493 e. The normalized spacial score (nSPS) is 11.1. The fourth-order valence-corrected chi connectivity index (χ4v) is 13.0. The van der Waals surface area contributed by atoms with Gasteiger partial charge in [-0.05, 0) is 96.6 Å². The lowest BCUT2D eigenvalue weighted by Gasteiger charge is -2.13. The van der Waals surface area contributed by atoms with Crippen LogP contribution in [0.4, 0.5) is 0 Å². The molecule has 0 bridgehead atoms. The van der Waals surface area contributed by atoms with Gasteiger partial charge in [0, 0.05) is 136 Å². The minimum absolute atomic E-state index is 0.313. The van der Waals surface area contributed by atoms with Gasteiger partial charge in [0.1, 0.15) is 55.2 Å². The summed E-state index contributed by atoms with van der Waals surface area (Å²) in [5.74, 6) is 4.33. The summed E-state index contributed by atoms with van der Waals surface area (Å²) < 4.78 is 44.4. The maximum Gasteiger partial charge on any atom is 0.162 e. The number of H-pyrrole nitrogens is 1. The van der Waals surface area contributed by atoms with Crippen LogP contribution in [0.3, 0.4) is 0 Å². The molecule has 0 saturated carbocycles. The van der Waals surface area contributed by atoms with Crippen LogP contribution in [0, 0.1) is 34.0 Å². The Balaban J connectivity index is 0.000000125. The fraction of sp³-hybridized carbons (Fsp3) is 0.108. The zero-order valence-corrected chi connectivity index (χ0v) is 59.4. The van der Waals surface area contributed by atoms with Gasteiger partial charge in [-0.25, -0.2) is 24.3 Å². The number of aromatic nitrogens is 17. The average molecular weight is 1440 g/mol. The highest BCUT2D eigenvalue weighted by molar-refractivity contribution is 6.14. The Bertz CT molecular complexity index is 6290. The summed E-state index contributed by atoms with van der Waals surface area (Å²) in [6.07, 6.45) is 17.6. The van der Waals surface area contributed by atoms with Crippen LogP contribution in [0.2, 0.25) is 0 Å². The Morgan fingerprint density at radius 1 is 0.422 bits per heavy atom. The van der Waals surface area contributed by atoms with Crippen LogP contribution in [0.1, 0.15) is 33.4 Å². The molecule has 0 aliphatic rings. The highest BCUT2D eigenvalue weighted by atomic mass is 16.5. The van der Waals surface area contributed by atoms with Crippen molar-refractivity contribution in [2.45, 2.75) is 19.8 Å². The van der Waals surface area contributed by atoms with Crippen LogP contribution >= 0.6 is 0 Å². The lowest BCUT2D eigenvalue weighted by Crippen LogP contribution is -2.01. The summed E-state index contributed by atoms with van der Waals surface area (Å²) in [4.78, 5) is 30.0. The molecule has 109 heavy (non-hydrogen) atoms. The van der Waals surface area contributed by atoms with Crippen molar-refractivity contribution in [1.82, 2.24) is 83.8 Å². The smallest absolute Gasteiger partial charge is 0.162 e. The van der Waals surface area contributed by atoms with Gasteiger partial charge < -0.3 is 33.4 Å². The summed E-state index contributed by atoms with van der Waals surface area (Å²) in [5, 5.41) is 56.8. The molecule has 11 aromatic heterocycles. The summed E-state index contributed by atoms with van der Waals surface area (Å²) >= 11 is 0. The van der Waals surface area contributed by atoms with Crippen molar-refractivity contribution < 1.29 is 28.4 Å². The Kier molecular flexibility index (Phi) is 18.4. The third kappa shape index (κ3) is 13.5. The third-order valence-electron chi connectivity index (χ3n) is 18.6. The van der Waals surface area contributed by atoms with Crippen LogP contribution < -0.4 is 28.4 Å². The number of aryl methyl sites for hydroxylation is 3. The highest BCUT2D eigenvalue weighted by Crippen LogP contribution is 2.43. The minimum Gasteiger partial charge on any atom is -0.493 e. The maximum absolute atomic E-state index is 9.18. The number of rotatable bonds is 17. The van der Waals surface area contributed by atoms with E-state index < -0.39 is 0 Å². The van der Waals surface area contributed by atoms with Crippen LogP contribution in [-0.4, -0.2) is 105 Å². The lowest BCUT2D eigenvalue weighted by molar-refractivity contribution is 0.284. The van der Waals surface area contributed by atoms with Crippen molar-refractivity contribution in [3.05, 3.63) is 259 Å². The number of aromatic amines is 1. The molecule has 7 aromatic carbocycles. The molecule has 0 fully saturated rings. The number of hydrogen-bond acceptors (Lipinski definition) is 20. The van der Waals surface area contributed by atoms with E-state index in [1.54, 1.807) is 92.0 Å². The summed E-state index contributed by atoms with van der Waals surface area (Å²) in [6, 6.07) is 57.9. The zero-order chi connectivity index (χ0) is 74.7.